The molecule has 3 aliphatic rings. The number of amides is 4. The molecule has 0 bridgehead atoms. The van der Waals surface area contributed by atoms with E-state index < -0.39 is 41.1 Å². The van der Waals surface area contributed by atoms with E-state index in [0.717, 1.165) is 5.56 Å². The predicted octanol–water partition coefficient (Wildman–Crippen LogP) is 2.18. The maximum atomic E-state index is 13.3. The van der Waals surface area contributed by atoms with Gasteiger partial charge in [-0.05, 0) is 57.4 Å². The van der Waals surface area contributed by atoms with Gasteiger partial charge in [0, 0.05) is 37.1 Å². The number of aliphatic hydroxyl groups excluding tert-OH is 1. The van der Waals surface area contributed by atoms with Crippen LogP contribution in [0.5, 0.6) is 0 Å². The molecule has 5 rings (SSSR count). The molecular weight excluding hydrogens is 580 g/mol. The summed E-state index contributed by atoms with van der Waals surface area (Å²) in [7, 11) is 0. The Balaban J connectivity index is 1.31. The molecule has 2 atom stereocenters. The number of carbonyl (C=O) groups excluding carboxylic acids is 4. The number of anilines is 3. The summed E-state index contributed by atoms with van der Waals surface area (Å²) in [5, 5.41) is 20.0. The molecule has 1 aliphatic carbocycles. The molecule has 1 fully saturated rings. The molecule has 45 heavy (non-hydrogen) atoms. The van der Waals surface area contributed by atoms with Crippen molar-refractivity contribution in [2.45, 2.75) is 57.8 Å². The fourth-order valence-corrected chi connectivity index (χ4v) is 5.16. The van der Waals surface area contributed by atoms with Crippen LogP contribution in [0, 0.1) is 5.92 Å². The van der Waals surface area contributed by atoms with E-state index in [1.54, 1.807) is 57.2 Å². The zero-order chi connectivity index (χ0) is 32.4. The van der Waals surface area contributed by atoms with Gasteiger partial charge in [0.1, 0.15) is 17.0 Å². The molecule has 3 heterocycles. The summed E-state index contributed by atoms with van der Waals surface area (Å²) >= 11 is 0. The predicted molar refractivity (Wildman–Crippen MR) is 166 cm³/mol. The number of hydrogen-bond acceptors (Lipinski definition) is 10. The van der Waals surface area contributed by atoms with Crippen molar-refractivity contribution in [1.82, 2.24) is 31.0 Å². The average molecular weight is 619 g/mol. The van der Waals surface area contributed by atoms with Gasteiger partial charge in [-0.25, -0.2) is 9.78 Å². The SMILES string of the molecule is CC[C@]1(Nc2nc(Nc3ccc4c(c3)CCNC4=O)ncc2C(=O)NNC(=O)C2CN(C(=O)OC(C)(C)C)C2)C=CC=CC1O. The molecule has 14 heteroatoms. The minimum atomic E-state index is -0.963. The standard InChI is InChI=1S/C31H38N8O6/c1-5-31(12-7-6-8-23(31)40)36-24-22(27(43)38-37-25(41)19-16-39(17-19)29(44)45-30(2,3)4)15-33-28(35-24)34-20-9-10-21-18(14-20)11-13-32-26(21)42/h6-10,12,14-15,19,23,40H,5,11,13,16-17H2,1-4H3,(H,32,42)(H,37,41)(H,38,43)(H2,33,34,35,36)/t23?,31-/m0/s1. The maximum Gasteiger partial charge on any atom is 0.410 e. The number of aliphatic hydroxyl groups is 1. The second-order valence-electron chi connectivity index (χ2n) is 12.2. The summed E-state index contributed by atoms with van der Waals surface area (Å²) in [4.78, 5) is 60.7. The topological polar surface area (TPSA) is 187 Å². The molecule has 1 aromatic heterocycles. The van der Waals surface area contributed by atoms with Gasteiger partial charge in [-0.2, -0.15) is 4.98 Å². The molecule has 2 aromatic rings. The molecule has 0 radical (unpaired) electrons. The van der Waals surface area contributed by atoms with E-state index in [1.165, 1.54) is 11.1 Å². The number of nitrogens with one attached hydrogen (secondary N) is 5. The minimum absolute atomic E-state index is 0.0231. The highest BCUT2D eigenvalue weighted by Gasteiger charge is 2.39. The number of fused-ring (bicyclic) bond motifs is 1. The summed E-state index contributed by atoms with van der Waals surface area (Å²) in [6.45, 7) is 8.06. The van der Waals surface area contributed by atoms with Crippen molar-refractivity contribution >= 4 is 41.3 Å². The van der Waals surface area contributed by atoms with E-state index in [4.69, 9.17) is 4.74 Å². The molecule has 1 unspecified atom stereocenters. The molecule has 14 nitrogen and oxygen atoms in total. The van der Waals surface area contributed by atoms with Gasteiger partial charge in [0.15, 0.2) is 0 Å². The largest absolute Gasteiger partial charge is 0.444 e. The van der Waals surface area contributed by atoms with E-state index in [-0.39, 0.29) is 36.3 Å². The lowest BCUT2D eigenvalue weighted by Crippen LogP contribution is -2.58. The van der Waals surface area contributed by atoms with Crippen molar-refractivity contribution in [3.8, 4) is 0 Å². The molecule has 6 N–H and O–H groups in total. The third-order valence-electron chi connectivity index (χ3n) is 7.78. The van der Waals surface area contributed by atoms with Crippen LogP contribution in [0.3, 0.4) is 0 Å². The van der Waals surface area contributed by atoms with Crippen LogP contribution in [0.2, 0.25) is 0 Å². The lowest BCUT2D eigenvalue weighted by atomic mass is 9.85. The van der Waals surface area contributed by atoms with Crippen LogP contribution in [0.1, 0.15) is 60.4 Å². The van der Waals surface area contributed by atoms with Crippen LogP contribution in [-0.4, -0.2) is 80.7 Å². The summed E-state index contributed by atoms with van der Waals surface area (Å²) in [5.74, 6) is -1.49. The van der Waals surface area contributed by atoms with Crippen molar-refractivity contribution in [3.05, 3.63) is 65.4 Å². The first-order chi connectivity index (χ1) is 21.4. The average Bonchev–Trinajstić information content (AvgIpc) is 2.95. The number of allylic oxidation sites excluding steroid dienone is 2. The molecule has 0 saturated carbocycles. The number of carbonyl (C=O) groups is 4. The van der Waals surface area contributed by atoms with Crippen molar-refractivity contribution in [2.75, 3.05) is 30.3 Å². The first-order valence-corrected chi connectivity index (χ1v) is 14.8. The summed E-state index contributed by atoms with van der Waals surface area (Å²) in [5.41, 5.74) is 5.40. The third kappa shape index (κ3) is 7.06. The summed E-state index contributed by atoms with van der Waals surface area (Å²) in [6.07, 6.45) is 8.02. The Morgan fingerprint density at radius 3 is 2.67 bits per heavy atom. The number of aromatic nitrogens is 2. The number of benzene rings is 1. The van der Waals surface area contributed by atoms with Crippen molar-refractivity contribution in [1.29, 1.82) is 0 Å². The number of hydrogen-bond donors (Lipinski definition) is 6. The Morgan fingerprint density at radius 1 is 1.18 bits per heavy atom. The van der Waals surface area contributed by atoms with Gasteiger partial charge in [0.2, 0.25) is 11.9 Å². The Kier molecular flexibility index (Phi) is 8.77. The van der Waals surface area contributed by atoms with Gasteiger partial charge in [-0.1, -0.05) is 31.2 Å². The highest BCUT2D eigenvalue weighted by molar-refractivity contribution is 6.00. The van der Waals surface area contributed by atoms with Crippen LogP contribution in [0.25, 0.3) is 0 Å². The Hall–Kier alpha value is -4.98. The maximum absolute atomic E-state index is 13.3. The van der Waals surface area contributed by atoms with E-state index in [2.05, 4.69) is 36.8 Å². The van der Waals surface area contributed by atoms with E-state index in [9.17, 15) is 24.3 Å². The molecular formula is C31H38N8O6. The summed E-state index contributed by atoms with van der Waals surface area (Å²) in [6, 6.07) is 5.33. The number of ether oxygens (including phenoxy) is 1. The Morgan fingerprint density at radius 2 is 1.96 bits per heavy atom. The molecule has 0 spiro atoms. The molecule has 4 amide bonds. The number of hydrazine groups is 1. The van der Waals surface area contributed by atoms with Crippen molar-refractivity contribution in [3.63, 3.8) is 0 Å². The van der Waals surface area contributed by atoms with E-state index >= 15 is 0 Å². The van der Waals surface area contributed by atoms with Crippen LogP contribution in [0.4, 0.5) is 22.2 Å². The fraction of sp³-hybridized carbons (Fsp3) is 0.419. The van der Waals surface area contributed by atoms with E-state index in [0.29, 0.717) is 30.6 Å². The third-order valence-corrected chi connectivity index (χ3v) is 7.78. The van der Waals surface area contributed by atoms with Gasteiger partial charge >= 0.3 is 6.09 Å². The molecule has 2 aliphatic heterocycles. The van der Waals surface area contributed by atoms with Crippen LogP contribution in [0.15, 0.2) is 48.7 Å². The van der Waals surface area contributed by atoms with Gasteiger partial charge in [-0.3, -0.25) is 25.2 Å². The van der Waals surface area contributed by atoms with Gasteiger partial charge in [0.05, 0.1) is 17.6 Å². The monoisotopic (exact) mass is 618 g/mol. The minimum Gasteiger partial charge on any atom is -0.444 e. The zero-order valence-corrected chi connectivity index (χ0v) is 25.6. The number of likely N-dealkylation sites (tertiary alicyclic amines) is 1. The van der Waals surface area contributed by atoms with Gasteiger partial charge in [-0.15, -0.1) is 0 Å². The number of rotatable bonds is 7. The highest BCUT2D eigenvalue weighted by Crippen LogP contribution is 2.30. The lowest BCUT2D eigenvalue weighted by molar-refractivity contribution is -0.130. The van der Waals surface area contributed by atoms with Crippen LogP contribution in [-0.2, 0) is 16.0 Å². The van der Waals surface area contributed by atoms with Crippen LogP contribution >= 0.6 is 0 Å². The molecule has 1 aromatic carbocycles. The second kappa shape index (κ2) is 12.6. The van der Waals surface area contributed by atoms with E-state index in [1.807, 2.05) is 13.0 Å². The zero-order valence-electron chi connectivity index (χ0n) is 25.6. The summed E-state index contributed by atoms with van der Waals surface area (Å²) < 4.78 is 5.32. The Labute approximate surface area is 260 Å². The number of nitrogens with zero attached hydrogens (tertiary/aromatic N) is 3. The first-order valence-electron chi connectivity index (χ1n) is 14.8. The van der Waals surface area contributed by atoms with Crippen LogP contribution < -0.4 is 26.8 Å². The van der Waals surface area contributed by atoms with Gasteiger partial charge in [0.25, 0.3) is 11.8 Å². The second-order valence-corrected chi connectivity index (χ2v) is 12.2. The highest BCUT2D eigenvalue weighted by atomic mass is 16.6. The smallest absolute Gasteiger partial charge is 0.410 e. The normalized spacial score (nSPS) is 20.8. The van der Waals surface area contributed by atoms with Crippen molar-refractivity contribution < 1.29 is 29.0 Å². The Bertz CT molecular complexity index is 1560. The van der Waals surface area contributed by atoms with Crippen molar-refractivity contribution in [2.24, 2.45) is 5.92 Å². The first kappa shape index (κ1) is 31.4. The lowest BCUT2D eigenvalue weighted by Gasteiger charge is -2.38. The molecule has 238 valence electrons. The van der Waals surface area contributed by atoms with Gasteiger partial charge < -0.3 is 30.7 Å². The fourth-order valence-electron chi connectivity index (χ4n) is 5.16. The quantitative estimate of drug-likeness (QED) is 0.251. The molecule has 1 saturated heterocycles.